The van der Waals surface area contributed by atoms with Crippen LogP contribution in [0.25, 0.3) is 0 Å². The zero-order chi connectivity index (χ0) is 14.5. The highest BCUT2D eigenvalue weighted by molar-refractivity contribution is 6.30. The molecule has 1 N–H and O–H groups in total. The minimum Gasteiger partial charge on any atom is -0.491 e. The summed E-state index contributed by atoms with van der Waals surface area (Å²) in [5.41, 5.74) is 0.570. The van der Waals surface area contributed by atoms with Gasteiger partial charge in [-0.25, -0.2) is 0 Å². The van der Waals surface area contributed by atoms with Crippen molar-refractivity contribution in [3.8, 4) is 5.75 Å². The number of pyridine rings is 1. The molecule has 0 saturated carbocycles. The van der Waals surface area contributed by atoms with Crippen molar-refractivity contribution >= 4 is 11.6 Å². The number of halogens is 1. The lowest BCUT2D eigenvalue weighted by atomic mass is 10.1. The lowest BCUT2D eigenvalue weighted by Gasteiger charge is -2.14. The third kappa shape index (κ3) is 3.62. The van der Waals surface area contributed by atoms with Gasteiger partial charge in [0.05, 0.1) is 12.6 Å². The smallest absolute Gasteiger partial charge is 0.250 e. The van der Waals surface area contributed by atoms with Gasteiger partial charge >= 0.3 is 0 Å². The monoisotopic (exact) mass is 293 g/mol. The summed E-state index contributed by atoms with van der Waals surface area (Å²) in [5.74, 6) is 0.577. The largest absolute Gasteiger partial charge is 0.491 e. The summed E-state index contributed by atoms with van der Waals surface area (Å²) in [4.78, 5) is 11.5. The zero-order valence-electron chi connectivity index (χ0n) is 11.1. The van der Waals surface area contributed by atoms with Gasteiger partial charge in [-0.2, -0.15) is 0 Å². The van der Waals surface area contributed by atoms with Gasteiger partial charge in [-0.15, -0.1) is 0 Å². The van der Waals surface area contributed by atoms with Crippen LogP contribution in [0.3, 0.4) is 0 Å². The molecule has 0 aliphatic rings. The van der Waals surface area contributed by atoms with Crippen molar-refractivity contribution < 1.29 is 9.84 Å². The van der Waals surface area contributed by atoms with Crippen LogP contribution >= 0.6 is 11.6 Å². The van der Waals surface area contributed by atoms with Crippen LogP contribution in [0, 0.1) is 0 Å². The average molecular weight is 294 g/mol. The van der Waals surface area contributed by atoms with Gasteiger partial charge in [-0.3, -0.25) is 4.79 Å². The molecule has 5 heteroatoms. The molecule has 0 saturated heterocycles. The Hall–Kier alpha value is -1.78. The molecule has 1 aromatic heterocycles. The molecular formula is C15H16ClNO3. The van der Waals surface area contributed by atoms with E-state index in [9.17, 15) is 9.90 Å². The fourth-order valence-electron chi connectivity index (χ4n) is 1.88. The highest BCUT2D eigenvalue weighted by Crippen LogP contribution is 2.28. The molecule has 1 aromatic carbocycles. The van der Waals surface area contributed by atoms with Crippen molar-refractivity contribution in [2.24, 2.45) is 0 Å². The second-order valence-corrected chi connectivity index (χ2v) is 4.88. The number of hydrogen-bond donors (Lipinski definition) is 1. The van der Waals surface area contributed by atoms with E-state index in [0.717, 1.165) is 0 Å². The van der Waals surface area contributed by atoms with E-state index in [2.05, 4.69) is 0 Å². The minimum atomic E-state index is -0.664. The molecule has 0 unspecified atom stereocenters. The van der Waals surface area contributed by atoms with Crippen molar-refractivity contribution in [1.29, 1.82) is 0 Å². The highest BCUT2D eigenvalue weighted by Gasteiger charge is 2.10. The predicted octanol–water partition coefficient (Wildman–Crippen LogP) is 2.63. The third-order valence-corrected chi connectivity index (χ3v) is 3.15. The van der Waals surface area contributed by atoms with Crippen LogP contribution in [0.4, 0.5) is 0 Å². The van der Waals surface area contributed by atoms with E-state index in [0.29, 0.717) is 29.5 Å². The Labute approximate surface area is 122 Å². The molecule has 1 atom stereocenters. The van der Waals surface area contributed by atoms with Gasteiger partial charge in [0, 0.05) is 22.8 Å². The van der Waals surface area contributed by atoms with Crippen LogP contribution in [0.2, 0.25) is 5.02 Å². The van der Waals surface area contributed by atoms with Gasteiger partial charge in [0.15, 0.2) is 0 Å². The second kappa shape index (κ2) is 6.59. The van der Waals surface area contributed by atoms with Crippen LogP contribution in [0.1, 0.15) is 18.6 Å². The number of rotatable bonds is 5. The van der Waals surface area contributed by atoms with Crippen molar-refractivity contribution in [1.82, 2.24) is 4.57 Å². The first kappa shape index (κ1) is 14.6. The molecule has 0 aliphatic heterocycles. The molecule has 4 nitrogen and oxygen atoms in total. The maximum atomic E-state index is 11.5. The van der Waals surface area contributed by atoms with Crippen molar-refractivity contribution in [2.75, 3.05) is 6.61 Å². The Morgan fingerprint density at radius 1 is 1.35 bits per heavy atom. The highest BCUT2D eigenvalue weighted by atomic mass is 35.5. The van der Waals surface area contributed by atoms with Gasteiger partial charge in [0.25, 0.3) is 5.56 Å². The van der Waals surface area contributed by atoms with Gasteiger partial charge in [-0.1, -0.05) is 17.7 Å². The molecule has 0 spiro atoms. The molecule has 0 aliphatic carbocycles. The number of hydrogen-bond acceptors (Lipinski definition) is 3. The van der Waals surface area contributed by atoms with Crippen LogP contribution in [-0.2, 0) is 6.54 Å². The summed E-state index contributed by atoms with van der Waals surface area (Å²) in [6.45, 7) is 2.44. The maximum Gasteiger partial charge on any atom is 0.250 e. The minimum absolute atomic E-state index is 0.0667. The third-order valence-electron chi connectivity index (χ3n) is 2.91. The first-order valence-electron chi connectivity index (χ1n) is 6.33. The van der Waals surface area contributed by atoms with E-state index in [4.69, 9.17) is 16.3 Å². The molecule has 0 radical (unpaired) electrons. The molecular weight excluding hydrogens is 278 g/mol. The Kier molecular flexibility index (Phi) is 4.82. The Morgan fingerprint density at radius 3 is 2.85 bits per heavy atom. The first-order valence-corrected chi connectivity index (χ1v) is 6.71. The summed E-state index contributed by atoms with van der Waals surface area (Å²) in [6.07, 6.45) is 1.05. The first-order chi connectivity index (χ1) is 9.58. The number of aromatic nitrogens is 1. The van der Waals surface area contributed by atoms with E-state index in [1.54, 1.807) is 48.0 Å². The summed E-state index contributed by atoms with van der Waals surface area (Å²) in [7, 11) is 0. The van der Waals surface area contributed by atoms with E-state index in [-0.39, 0.29) is 5.56 Å². The van der Waals surface area contributed by atoms with Gasteiger partial charge in [0.1, 0.15) is 12.4 Å². The quantitative estimate of drug-likeness (QED) is 0.922. The molecule has 2 rings (SSSR count). The normalized spacial score (nSPS) is 12.2. The molecule has 0 fully saturated rings. The van der Waals surface area contributed by atoms with Gasteiger partial charge < -0.3 is 14.4 Å². The van der Waals surface area contributed by atoms with E-state index < -0.39 is 6.10 Å². The summed E-state index contributed by atoms with van der Waals surface area (Å²) in [6, 6.07) is 10.1. The molecule has 20 heavy (non-hydrogen) atoms. The average Bonchev–Trinajstić information content (AvgIpc) is 2.42. The number of aliphatic hydroxyl groups is 1. The fourth-order valence-corrected chi connectivity index (χ4v) is 2.06. The molecule has 2 aromatic rings. The van der Waals surface area contributed by atoms with Crippen molar-refractivity contribution in [3.05, 3.63) is 63.5 Å². The maximum absolute atomic E-state index is 11.5. The lowest BCUT2D eigenvalue weighted by molar-refractivity contribution is 0.190. The van der Waals surface area contributed by atoms with Gasteiger partial charge in [0.2, 0.25) is 0 Å². The number of ether oxygens (including phenoxy) is 1. The number of nitrogens with zero attached hydrogens (tertiary/aromatic N) is 1. The number of aliphatic hydroxyl groups excluding tert-OH is 1. The fraction of sp³-hybridized carbons (Fsp3) is 0.267. The SMILES string of the molecule is C[C@@H](O)c1cc(Cl)ccc1OCCn1ccccc1=O. The predicted molar refractivity (Wildman–Crippen MR) is 78.3 cm³/mol. The Bertz CT molecular complexity index is 637. The topological polar surface area (TPSA) is 51.5 Å². The molecule has 1 heterocycles. The summed E-state index contributed by atoms with van der Waals surface area (Å²) in [5, 5.41) is 10.2. The van der Waals surface area contributed by atoms with Crippen molar-refractivity contribution in [3.63, 3.8) is 0 Å². The lowest BCUT2D eigenvalue weighted by Crippen LogP contribution is -2.21. The van der Waals surface area contributed by atoms with E-state index >= 15 is 0 Å². The van der Waals surface area contributed by atoms with Crippen LogP contribution in [0.15, 0.2) is 47.4 Å². The van der Waals surface area contributed by atoms with Crippen LogP contribution in [0.5, 0.6) is 5.75 Å². The second-order valence-electron chi connectivity index (χ2n) is 4.44. The van der Waals surface area contributed by atoms with Crippen LogP contribution < -0.4 is 10.3 Å². The van der Waals surface area contributed by atoms with Crippen LogP contribution in [-0.4, -0.2) is 16.3 Å². The number of benzene rings is 1. The summed E-state index contributed by atoms with van der Waals surface area (Å²) < 4.78 is 7.20. The Morgan fingerprint density at radius 2 is 2.15 bits per heavy atom. The molecule has 106 valence electrons. The standard InChI is InChI=1S/C15H16ClNO3/c1-11(18)13-10-12(16)5-6-14(13)20-9-8-17-7-3-2-4-15(17)19/h2-7,10-11,18H,8-9H2,1H3/t11-/m1/s1. The van der Waals surface area contributed by atoms with E-state index in [1.165, 1.54) is 6.07 Å². The van der Waals surface area contributed by atoms with E-state index in [1.807, 2.05) is 0 Å². The van der Waals surface area contributed by atoms with Gasteiger partial charge in [-0.05, 0) is 31.2 Å². The van der Waals surface area contributed by atoms with Crippen molar-refractivity contribution in [2.45, 2.75) is 19.6 Å². The Balaban J connectivity index is 2.05. The molecule has 0 bridgehead atoms. The zero-order valence-corrected chi connectivity index (χ0v) is 11.9. The molecule has 0 amide bonds. The summed E-state index contributed by atoms with van der Waals surface area (Å²) >= 11 is 5.90.